The number of likely N-dealkylation sites (N-methyl/N-ethyl adjacent to an activating group) is 1. The zero-order valence-electron chi connectivity index (χ0n) is 13.5. The van der Waals surface area contributed by atoms with Gasteiger partial charge in [0.1, 0.15) is 0 Å². The van der Waals surface area contributed by atoms with Crippen molar-refractivity contribution in [3.63, 3.8) is 0 Å². The molecule has 0 bridgehead atoms. The molecular formula is C15H24ClN3O3S. The molecule has 1 aliphatic rings. The molecule has 0 radical (unpaired) electrons. The van der Waals surface area contributed by atoms with Gasteiger partial charge in [0.15, 0.2) is 0 Å². The minimum absolute atomic E-state index is 0. The van der Waals surface area contributed by atoms with Crippen LogP contribution in [0.4, 0.5) is 0 Å². The Hall–Kier alpha value is -1.15. The maximum Gasteiger partial charge on any atom is 0.251 e. The molecule has 1 fully saturated rings. The third-order valence-electron chi connectivity index (χ3n) is 3.72. The summed E-state index contributed by atoms with van der Waals surface area (Å²) >= 11 is 0. The van der Waals surface area contributed by atoms with Crippen LogP contribution < -0.4 is 15.4 Å². The molecule has 1 aliphatic carbocycles. The number of sulfonamides is 1. The second-order valence-corrected chi connectivity index (χ2v) is 7.49. The smallest absolute Gasteiger partial charge is 0.251 e. The number of nitrogens with one attached hydrogen (secondary N) is 3. The molecule has 0 spiro atoms. The Morgan fingerprint density at radius 3 is 2.57 bits per heavy atom. The summed E-state index contributed by atoms with van der Waals surface area (Å²) in [6.07, 6.45) is 1.75. The zero-order chi connectivity index (χ0) is 16.3. The van der Waals surface area contributed by atoms with E-state index in [1.165, 1.54) is 12.1 Å². The van der Waals surface area contributed by atoms with Crippen LogP contribution in [0.15, 0.2) is 23.1 Å². The van der Waals surface area contributed by atoms with E-state index in [1.807, 2.05) is 14.0 Å². The molecule has 8 heteroatoms. The topological polar surface area (TPSA) is 87.3 Å². The molecule has 1 saturated carbocycles. The predicted molar refractivity (Wildman–Crippen MR) is 92.6 cm³/mol. The van der Waals surface area contributed by atoms with Crippen molar-refractivity contribution in [2.45, 2.75) is 43.7 Å². The standard InChI is InChI=1S/C15H23N3O3S.ClH/c1-10-4-7-13(22(20,21)18-12-5-6-12)8-14(10)15(19)17-9-11(2)16-3;/h4,7-8,11-12,16,18H,5-6,9H2,1-3H3,(H,17,19);1H. The van der Waals surface area contributed by atoms with Crippen molar-refractivity contribution >= 4 is 28.3 Å². The SMILES string of the molecule is CNC(C)CNC(=O)c1cc(S(=O)(=O)NC2CC2)ccc1C.Cl. The second kappa shape index (κ2) is 8.10. The first kappa shape index (κ1) is 19.9. The van der Waals surface area contributed by atoms with Gasteiger partial charge >= 0.3 is 0 Å². The normalized spacial score (nSPS) is 15.6. The molecule has 23 heavy (non-hydrogen) atoms. The lowest BCUT2D eigenvalue weighted by Crippen LogP contribution is -2.37. The van der Waals surface area contributed by atoms with E-state index in [-0.39, 0.29) is 35.3 Å². The van der Waals surface area contributed by atoms with Crippen LogP contribution in [0.3, 0.4) is 0 Å². The van der Waals surface area contributed by atoms with Gasteiger partial charge in [0, 0.05) is 24.2 Å². The molecule has 1 aromatic carbocycles. The van der Waals surface area contributed by atoms with Gasteiger partial charge in [0.05, 0.1) is 4.90 Å². The summed E-state index contributed by atoms with van der Waals surface area (Å²) in [7, 11) is -1.73. The van der Waals surface area contributed by atoms with Crippen LogP contribution in [0.25, 0.3) is 0 Å². The molecule has 1 amide bonds. The minimum Gasteiger partial charge on any atom is -0.350 e. The van der Waals surface area contributed by atoms with Crippen molar-refractivity contribution in [2.75, 3.05) is 13.6 Å². The average Bonchev–Trinajstić information content (AvgIpc) is 3.27. The molecule has 1 aromatic rings. The van der Waals surface area contributed by atoms with Crippen LogP contribution in [0.5, 0.6) is 0 Å². The Morgan fingerprint density at radius 2 is 2.00 bits per heavy atom. The fourth-order valence-corrected chi connectivity index (χ4v) is 3.28. The van der Waals surface area contributed by atoms with Gasteiger partial charge in [-0.15, -0.1) is 12.4 Å². The molecule has 0 aliphatic heterocycles. The number of rotatable bonds is 7. The summed E-state index contributed by atoms with van der Waals surface area (Å²) in [5.74, 6) is -0.261. The molecule has 1 unspecified atom stereocenters. The molecule has 130 valence electrons. The van der Waals surface area contributed by atoms with Crippen LogP contribution >= 0.6 is 12.4 Å². The largest absolute Gasteiger partial charge is 0.350 e. The van der Waals surface area contributed by atoms with Crippen molar-refractivity contribution in [3.8, 4) is 0 Å². The summed E-state index contributed by atoms with van der Waals surface area (Å²) in [5, 5.41) is 5.84. The maximum atomic E-state index is 12.2. The summed E-state index contributed by atoms with van der Waals surface area (Å²) in [5.41, 5.74) is 1.14. The number of hydrogen-bond acceptors (Lipinski definition) is 4. The van der Waals surface area contributed by atoms with Crippen molar-refractivity contribution in [1.82, 2.24) is 15.4 Å². The van der Waals surface area contributed by atoms with Crippen molar-refractivity contribution in [2.24, 2.45) is 0 Å². The molecule has 1 atom stereocenters. The maximum absolute atomic E-state index is 12.2. The Labute approximate surface area is 143 Å². The molecule has 3 N–H and O–H groups in total. The first-order valence-corrected chi connectivity index (χ1v) is 8.90. The summed E-state index contributed by atoms with van der Waals surface area (Å²) in [6.45, 7) is 4.22. The minimum atomic E-state index is -3.55. The van der Waals surface area contributed by atoms with E-state index in [0.717, 1.165) is 18.4 Å². The zero-order valence-corrected chi connectivity index (χ0v) is 15.2. The first-order valence-electron chi connectivity index (χ1n) is 7.42. The highest BCUT2D eigenvalue weighted by Gasteiger charge is 2.28. The van der Waals surface area contributed by atoms with Crippen molar-refractivity contribution in [1.29, 1.82) is 0 Å². The van der Waals surface area contributed by atoms with E-state index in [9.17, 15) is 13.2 Å². The number of benzene rings is 1. The van der Waals surface area contributed by atoms with Gasteiger partial charge in [-0.2, -0.15) is 0 Å². The molecule has 2 rings (SSSR count). The van der Waals surface area contributed by atoms with Gasteiger partial charge in [0.25, 0.3) is 5.91 Å². The fraction of sp³-hybridized carbons (Fsp3) is 0.533. The van der Waals surface area contributed by atoms with Crippen molar-refractivity contribution in [3.05, 3.63) is 29.3 Å². The number of carbonyl (C=O) groups is 1. The molecule has 0 aromatic heterocycles. The average molecular weight is 362 g/mol. The fourth-order valence-electron chi connectivity index (χ4n) is 1.94. The Kier molecular flexibility index (Phi) is 7.01. The van der Waals surface area contributed by atoms with Crippen molar-refractivity contribution < 1.29 is 13.2 Å². The van der Waals surface area contributed by atoms with E-state index in [1.54, 1.807) is 13.0 Å². The predicted octanol–water partition coefficient (Wildman–Crippen LogP) is 1.20. The van der Waals surface area contributed by atoms with Gasteiger partial charge < -0.3 is 10.6 Å². The number of halogens is 1. The van der Waals surface area contributed by atoms with E-state index >= 15 is 0 Å². The molecular weight excluding hydrogens is 338 g/mol. The van der Waals surface area contributed by atoms with Crippen LogP contribution in [0.2, 0.25) is 0 Å². The molecule has 0 heterocycles. The highest BCUT2D eigenvalue weighted by Crippen LogP contribution is 2.23. The molecule has 6 nitrogen and oxygen atoms in total. The van der Waals surface area contributed by atoms with Crippen LogP contribution in [-0.2, 0) is 10.0 Å². The lowest BCUT2D eigenvalue weighted by atomic mass is 10.1. The third kappa shape index (κ3) is 5.46. The Balaban J connectivity index is 0.00000264. The van der Waals surface area contributed by atoms with E-state index in [0.29, 0.717) is 12.1 Å². The first-order chi connectivity index (χ1) is 10.3. The van der Waals surface area contributed by atoms with Gasteiger partial charge in [-0.3, -0.25) is 4.79 Å². The number of aryl methyl sites for hydroxylation is 1. The van der Waals surface area contributed by atoms with E-state index < -0.39 is 10.0 Å². The third-order valence-corrected chi connectivity index (χ3v) is 5.24. The van der Waals surface area contributed by atoms with Gasteiger partial charge in [0.2, 0.25) is 10.0 Å². The van der Waals surface area contributed by atoms with E-state index in [4.69, 9.17) is 0 Å². The highest BCUT2D eigenvalue weighted by atomic mass is 35.5. The Bertz CT molecular complexity index is 660. The second-order valence-electron chi connectivity index (χ2n) is 5.77. The lowest BCUT2D eigenvalue weighted by molar-refractivity contribution is 0.0949. The number of hydrogen-bond donors (Lipinski definition) is 3. The highest BCUT2D eigenvalue weighted by molar-refractivity contribution is 7.89. The number of carbonyl (C=O) groups excluding carboxylic acids is 1. The lowest BCUT2D eigenvalue weighted by Gasteiger charge is -2.13. The van der Waals surface area contributed by atoms with Crippen LogP contribution in [-0.4, -0.2) is 40.0 Å². The van der Waals surface area contributed by atoms with E-state index in [2.05, 4.69) is 15.4 Å². The summed E-state index contributed by atoms with van der Waals surface area (Å²) in [6, 6.07) is 4.83. The number of amides is 1. The monoisotopic (exact) mass is 361 g/mol. The van der Waals surface area contributed by atoms with Crippen LogP contribution in [0.1, 0.15) is 35.7 Å². The summed E-state index contributed by atoms with van der Waals surface area (Å²) in [4.78, 5) is 12.4. The van der Waals surface area contributed by atoms with Gasteiger partial charge in [-0.05, 0) is 51.4 Å². The summed E-state index contributed by atoms with van der Waals surface area (Å²) < 4.78 is 27.1. The Morgan fingerprint density at radius 1 is 1.35 bits per heavy atom. The van der Waals surface area contributed by atoms with Gasteiger partial charge in [-0.1, -0.05) is 6.07 Å². The quantitative estimate of drug-likeness (QED) is 0.681. The van der Waals surface area contributed by atoms with Gasteiger partial charge in [-0.25, -0.2) is 13.1 Å². The molecule has 0 saturated heterocycles. The van der Waals surface area contributed by atoms with Crippen LogP contribution in [0, 0.1) is 6.92 Å².